The number of aromatic hydroxyl groups is 1. The van der Waals surface area contributed by atoms with Crippen LogP contribution in [0.15, 0.2) is 46.9 Å². The molecule has 5 rings (SSSR count). The largest absolute Gasteiger partial charge is 0.508 e. The van der Waals surface area contributed by atoms with E-state index in [1.807, 2.05) is 13.0 Å². The van der Waals surface area contributed by atoms with E-state index in [0.717, 1.165) is 0 Å². The summed E-state index contributed by atoms with van der Waals surface area (Å²) >= 11 is 0. The normalized spacial score (nSPS) is 33.6. The maximum Gasteiger partial charge on any atom is 0.255 e. The molecule has 1 aliphatic heterocycles. The Morgan fingerprint density at radius 3 is 2.49 bits per heavy atom. The molecule has 1 saturated carbocycles. The first-order valence-corrected chi connectivity index (χ1v) is 11.3. The summed E-state index contributed by atoms with van der Waals surface area (Å²) in [4.78, 5) is 40.9. The van der Waals surface area contributed by atoms with E-state index in [1.165, 1.54) is 11.0 Å². The number of benzene rings is 1. The van der Waals surface area contributed by atoms with E-state index in [0.29, 0.717) is 17.7 Å². The molecule has 0 unspecified atom stereocenters. The van der Waals surface area contributed by atoms with E-state index in [2.05, 4.69) is 0 Å². The summed E-state index contributed by atoms with van der Waals surface area (Å²) in [6.45, 7) is 1.85. The number of likely N-dealkylation sites (N-methyl/N-ethyl adjacent to an activating group) is 1. The zero-order valence-electron chi connectivity index (χ0n) is 19.3. The number of hydrogen-bond acceptors (Lipinski definition) is 9. The molecule has 1 fully saturated rings. The third kappa shape index (κ3) is 2.74. The van der Waals surface area contributed by atoms with E-state index < -0.39 is 70.1 Å². The number of aliphatic hydroxyl groups excluding tert-OH is 2. The number of hydrogen-bond donors (Lipinski definition) is 5. The zero-order chi connectivity index (χ0) is 25.6. The molecule has 0 saturated heterocycles. The SMILES string of the molecule is CCC1=C[C@H]2c3cccc(O)c3C(O)=C3C(=O)[C@]4(O)C(O)=C(C(N)=O)C(=O)[C@@H](N(C)C)[C@@H]4[C@@H](O1)[C@@H]32. The lowest BCUT2D eigenvalue weighted by atomic mass is 9.53. The average Bonchev–Trinajstić information content (AvgIpc) is 2.79. The van der Waals surface area contributed by atoms with Crippen molar-refractivity contribution in [3.8, 4) is 5.75 Å². The van der Waals surface area contributed by atoms with E-state index in [1.54, 1.807) is 26.2 Å². The first-order valence-electron chi connectivity index (χ1n) is 11.3. The van der Waals surface area contributed by atoms with E-state index in [4.69, 9.17) is 10.5 Å². The van der Waals surface area contributed by atoms with Crippen molar-refractivity contribution in [2.75, 3.05) is 14.1 Å². The Morgan fingerprint density at radius 2 is 1.89 bits per heavy atom. The highest BCUT2D eigenvalue weighted by Gasteiger charge is 2.70. The van der Waals surface area contributed by atoms with E-state index in [9.17, 15) is 34.8 Å². The highest BCUT2D eigenvalue weighted by Crippen LogP contribution is 2.59. The van der Waals surface area contributed by atoms with Crippen molar-refractivity contribution in [3.63, 3.8) is 0 Å². The highest BCUT2D eigenvalue weighted by atomic mass is 16.5. The number of primary amides is 1. The predicted octanol–water partition coefficient (Wildman–Crippen LogP) is 0.808. The molecule has 1 heterocycles. The average molecular weight is 482 g/mol. The lowest BCUT2D eigenvalue weighted by molar-refractivity contribution is -0.173. The molecule has 1 amide bonds. The van der Waals surface area contributed by atoms with Crippen molar-refractivity contribution in [2.24, 2.45) is 17.6 Å². The Kier molecular flexibility index (Phi) is 4.91. The molecule has 35 heavy (non-hydrogen) atoms. The maximum atomic E-state index is 14.0. The number of carbonyl (C=O) groups is 3. The van der Waals surface area contributed by atoms with Gasteiger partial charge in [-0.1, -0.05) is 19.1 Å². The van der Waals surface area contributed by atoms with Gasteiger partial charge in [0.05, 0.1) is 23.3 Å². The fourth-order valence-corrected chi connectivity index (χ4v) is 6.25. The van der Waals surface area contributed by atoms with Crippen molar-refractivity contribution in [1.82, 2.24) is 4.90 Å². The fraction of sp³-hybridized carbons (Fsp3) is 0.400. The van der Waals surface area contributed by atoms with Crippen LogP contribution in [0.3, 0.4) is 0 Å². The summed E-state index contributed by atoms with van der Waals surface area (Å²) in [5.74, 6) is -7.30. The summed E-state index contributed by atoms with van der Waals surface area (Å²) in [6.07, 6.45) is 1.22. The van der Waals surface area contributed by atoms with Crippen LogP contribution >= 0.6 is 0 Å². The molecule has 1 aromatic carbocycles. The number of fused-ring (bicyclic) bond motifs is 4. The third-order valence-electron chi connectivity index (χ3n) is 7.68. The van der Waals surface area contributed by atoms with Crippen LogP contribution in [0.1, 0.15) is 30.4 Å². The lowest BCUT2D eigenvalue weighted by Gasteiger charge is -2.56. The smallest absolute Gasteiger partial charge is 0.255 e. The number of nitrogens with two attached hydrogens (primary N) is 1. The minimum absolute atomic E-state index is 0.0427. The lowest BCUT2D eigenvalue weighted by Crippen LogP contribution is -2.71. The number of ether oxygens (including phenoxy) is 1. The number of allylic oxidation sites excluding steroid dienone is 2. The Bertz CT molecular complexity index is 1290. The van der Waals surface area contributed by atoms with Crippen molar-refractivity contribution in [1.29, 1.82) is 0 Å². The van der Waals surface area contributed by atoms with Gasteiger partial charge in [0.25, 0.3) is 5.91 Å². The topological polar surface area (TPSA) is 171 Å². The molecule has 6 N–H and O–H groups in total. The molecule has 184 valence electrons. The van der Waals surface area contributed by atoms with Gasteiger partial charge in [0.15, 0.2) is 11.4 Å². The minimum atomic E-state index is -2.78. The molecule has 6 atom stereocenters. The number of aliphatic hydroxyl groups is 3. The fourth-order valence-electron chi connectivity index (χ4n) is 6.25. The monoisotopic (exact) mass is 482 g/mol. The molecule has 1 aromatic rings. The molecule has 10 heteroatoms. The van der Waals surface area contributed by atoms with Gasteiger partial charge in [-0.05, 0) is 31.8 Å². The number of ketones is 2. The molecule has 0 bridgehead atoms. The zero-order valence-corrected chi connectivity index (χ0v) is 19.3. The van der Waals surface area contributed by atoms with Gasteiger partial charge in [-0.15, -0.1) is 0 Å². The van der Waals surface area contributed by atoms with Crippen LogP contribution in [0.5, 0.6) is 5.75 Å². The molecule has 0 radical (unpaired) electrons. The first kappa shape index (κ1) is 23.1. The van der Waals surface area contributed by atoms with Crippen LogP contribution in [0.2, 0.25) is 0 Å². The van der Waals surface area contributed by atoms with Gasteiger partial charge in [0.2, 0.25) is 5.78 Å². The summed E-state index contributed by atoms with van der Waals surface area (Å²) in [5.41, 5.74) is 2.08. The summed E-state index contributed by atoms with van der Waals surface area (Å²) in [5, 5.41) is 44.7. The van der Waals surface area contributed by atoms with Crippen molar-refractivity contribution >= 4 is 23.2 Å². The number of nitrogens with zero attached hydrogens (tertiary/aromatic N) is 1. The Hall–Kier alpha value is -3.63. The van der Waals surface area contributed by atoms with Gasteiger partial charge in [0, 0.05) is 23.8 Å². The van der Waals surface area contributed by atoms with Crippen LogP contribution in [0.4, 0.5) is 0 Å². The molecular formula is C25H26N2O8. The molecule has 3 aliphatic carbocycles. The van der Waals surface area contributed by atoms with Crippen molar-refractivity contribution < 1.29 is 39.5 Å². The van der Waals surface area contributed by atoms with Crippen LogP contribution in [0.25, 0.3) is 5.76 Å². The number of phenolic OH excluding ortho intramolecular Hbond substituents is 1. The first-order chi connectivity index (χ1) is 16.5. The minimum Gasteiger partial charge on any atom is -0.508 e. The van der Waals surface area contributed by atoms with Crippen molar-refractivity contribution in [2.45, 2.75) is 37.0 Å². The van der Waals surface area contributed by atoms with Gasteiger partial charge >= 0.3 is 0 Å². The Balaban J connectivity index is 1.88. The van der Waals surface area contributed by atoms with Gasteiger partial charge in [-0.2, -0.15) is 0 Å². The van der Waals surface area contributed by atoms with Gasteiger partial charge < -0.3 is 30.9 Å². The summed E-state index contributed by atoms with van der Waals surface area (Å²) in [7, 11) is 3.09. The number of rotatable bonds is 3. The maximum absolute atomic E-state index is 14.0. The van der Waals surface area contributed by atoms with Crippen LogP contribution < -0.4 is 5.73 Å². The molecule has 0 spiro atoms. The van der Waals surface area contributed by atoms with Gasteiger partial charge in [-0.25, -0.2) is 0 Å². The molecule has 0 aromatic heterocycles. The number of amides is 1. The van der Waals surface area contributed by atoms with Crippen LogP contribution in [-0.4, -0.2) is 74.6 Å². The van der Waals surface area contributed by atoms with E-state index >= 15 is 0 Å². The predicted molar refractivity (Wildman–Crippen MR) is 122 cm³/mol. The van der Waals surface area contributed by atoms with Crippen molar-refractivity contribution in [3.05, 3.63) is 58.1 Å². The second kappa shape index (κ2) is 7.43. The Morgan fingerprint density at radius 1 is 1.20 bits per heavy atom. The van der Waals surface area contributed by atoms with Crippen LogP contribution in [-0.2, 0) is 19.1 Å². The number of Topliss-reactive ketones (excluding diaryl/α,β-unsaturated/α-hetero) is 2. The quantitative estimate of drug-likeness (QED) is 0.391. The third-order valence-corrected chi connectivity index (χ3v) is 7.68. The molecule has 10 nitrogen and oxygen atoms in total. The van der Waals surface area contributed by atoms with Gasteiger partial charge in [-0.3, -0.25) is 19.3 Å². The molecule has 4 aliphatic rings. The highest BCUT2D eigenvalue weighted by molar-refractivity contribution is 6.24. The second-order valence-electron chi connectivity index (χ2n) is 9.61. The number of carbonyl (C=O) groups excluding carboxylic acids is 3. The van der Waals surface area contributed by atoms with Crippen LogP contribution in [0, 0.1) is 11.8 Å². The Labute approximate surface area is 200 Å². The second-order valence-corrected chi connectivity index (χ2v) is 9.61. The number of phenols is 1. The molecular weight excluding hydrogens is 456 g/mol. The summed E-state index contributed by atoms with van der Waals surface area (Å²) in [6, 6.07) is 3.48. The van der Waals surface area contributed by atoms with E-state index in [-0.39, 0.29) is 16.9 Å². The standard InChI is InChI=1S/C25H26N2O8/c1-4-9-8-11-10-6-5-7-12(28)13(10)19(29)15-14(11)21(35-9)17-18(27(2)3)20(30)16(24(26)33)23(32)25(17,34)22(15)31/h5-8,11,14,17-18,21,28-29,32,34H,4H2,1-3H3,(H2,26,33)/t11-,14+,17+,18-,21-,25-/m0/s1. The summed E-state index contributed by atoms with van der Waals surface area (Å²) < 4.78 is 6.24. The van der Waals surface area contributed by atoms with Gasteiger partial charge in [0.1, 0.15) is 28.9 Å².